The molecule has 0 aliphatic carbocycles. The molecule has 6 nitrogen and oxygen atoms in total. The van der Waals surface area contributed by atoms with Gasteiger partial charge in [-0.05, 0) is 42.5 Å². The normalized spacial score (nSPS) is 10.3. The number of anilines is 1. The Morgan fingerprint density at radius 3 is 2.63 bits per heavy atom. The fraction of sp³-hybridized carbons (Fsp3) is 0. The first-order chi connectivity index (χ1) is 13.2. The van der Waals surface area contributed by atoms with E-state index in [9.17, 15) is 4.79 Å². The van der Waals surface area contributed by atoms with Gasteiger partial charge >= 0.3 is 0 Å². The predicted octanol–water partition coefficient (Wildman–Crippen LogP) is 4.26. The Kier molecular flexibility index (Phi) is 4.25. The van der Waals surface area contributed by atoms with E-state index in [1.807, 2.05) is 30.3 Å². The van der Waals surface area contributed by atoms with Gasteiger partial charge in [0.2, 0.25) is 0 Å². The molecule has 1 N–H and O–H groups in total. The molecule has 0 bridgehead atoms. The maximum absolute atomic E-state index is 12.9. The highest BCUT2D eigenvalue weighted by molar-refractivity contribution is 6.04. The van der Waals surface area contributed by atoms with Crippen LogP contribution >= 0.6 is 0 Å². The minimum absolute atomic E-state index is 0.334. The number of carbonyl (C=O) groups is 1. The van der Waals surface area contributed by atoms with E-state index in [4.69, 9.17) is 9.68 Å². The fourth-order valence-electron chi connectivity index (χ4n) is 2.72. The lowest BCUT2D eigenvalue weighted by Crippen LogP contribution is -2.17. The summed E-state index contributed by atoms with van der Waals surface area (Å²) in [6, 6.07) is 23.4. The van der Waals surface area contributed by atoms with Crippen LogP contribution in [0.2, 0.25) is 0 Å². The third kappa shape index (κ3) is 3.34. The molecule has 0 aliphatic heterocycles. The summed E-state index contributed by atoms with van der Waals surface area (Å²) >= 11 is 0. The van der Waals surface area contributed by atoms with Gasteiger partial charge in [0, 0.05) is 11.8 Å². The van der Waals surface area contributed by atoms with Crippen LogP contribution in [0.1, 0.15) is 16.1 Å². The molecule has 0 fully saturated rings. The summed E-state index contributed by atoms with van der Waals surface area (Å²) in [4.78, 5) is 12.9. The number of carbonyl (C=O) groups excluding carboxylic acids is 1. The van der Waals surface area contributed by atoms with Crippen molar-refractivity contribution in [3.8, 4) is 23.2 Å². The van der Waals surface area contributed by atoms with Crippen molar-refractivity contribution < 1.29 is 9.21 Å². The van der Waals surface area contributed by atoms with Crippen molar-refractivity contribution in [1.29, 1.82) is 5.26 Å². The molecule has 2 aromatic carbocycles. The Labute approximate surface area is 155 Å². The summed E-state index contributed by atoms with van der Waals surface area (Å²) < 4.78 is 6.98. The first-order valence-corrected chi connectivity index (χ1v) is 8.25. The monoisotopic (exact) mass is 354 g/mol. The average molecular weight is 354 g/mol. The summed E-state index contributed by atoms with van der Waals surface area (Å²) in [5.74, 6) is 0.240. The molecule has 2 heterocycles. The van der Waals surface area contributed by atoms with Crippen molar-refractivity contribution in [3.05, 3.63) is 90.3 Å². The average Bonchev–Trinajstić information content (AvgIpc) is 3.38. The van der Waals surface area contributed by atoms with Crippen molar-refractivity contribution in [2.45, 2.75) is 0 Å². The number of aromatic nitrogens is 2. The molecule has 27 heavy (non-hydrogen) atoms. The fourth-order valence-corrected chi connectivity index (χ4v) is 2.72. The number of furan rings is 1. The smallest absolute Gasteiger partial charge is 0.274 e. The van der Waals surface area contributed by atoms with E-state index in [0.29, 0.717) is 28.4 Å². The van der Waals surface area contributed by atoms with Crippen molar-refractivity contribution in [2.24, 2.45) is 0 Å². The van der Waals surface area contributed by atoms with Crippen molar-refractivity contribution in [3.63, 3.8) is 0 Å². The van der Waals surface area contributed by atoms with Gasteiger partial charge in [0.05, 0.1) is 23.6 Å². The van der Waals surface area contributed by atoms with Gasteiger partial charge < -0.3 is 9.73 Å². The maximum atomic E-state index is 12.9. The number of para-hydroxylation sites is 1. The zero-order valence-corrected chi connectivity index (χ0v) is 14.2. The van der Waals surface area contributed by atoms with E-state index < -0.39 is 0 Å². The Morgan fingerprint density at radius 1 is 1.04 bits per heavy atom. The van der Waals surface area contributed by atoms with Crippen molar-refractivity contribution >= 4 is 11.6 Å². The van der Waals surface area contributed by atoms with Gasteiger partial charge in [-0.2, -0.15) is 10.4 Å². The third-order valence-corrected chi connectivity index (χ3v) is 3.97. The number of nitriles is 1. The third-order valence-electron chi connectivity index (χ3n) is 3.97. The highest BCUT2D eigenvalue weighted by Gasteiger charge is 2.19. The molecule has 6 heteroatoms. The van der Waals surface area contributed by atoms with Crippen molar-refractivity contribution in [2.75, 3.05) is 5.32 Å². The van der Waals surface area contributed by atoms with Gasteiger partial charge in [-0.15, -0.1) is 0 Å². The van der Waals surface area contributed by atoms with Crippen LogP contribution < -0.4 is 5.32 Å². The molecule has 0 saturated carbocycles. The maximum Gasteiger partial charge on any atom is 0.274 e. The molecule has 0 radical (unpaired) electrons. The van der Waals surface area contributed by atoms with E-state index in [1.54, 1.807) is 53.4 Å². The van der Waals surface area contributed by atoms with E-state index in [-0.39, 0.29) is 5.91 Å². The molecular formula is C21H14N4O2. The number of benzene rings is 2. The van der Waals surface area contributed by atoms with Gasteiger partial charge in [0.15, 0.2) is 5.76 Å². The molecule has 0 atom stereocenters. The van der Waals surface area contributed by atoms with Crippen LogP contribution in [0, 0.1) is 11.3 Å². The highest BCUT2D eigenvalue weighted by atomic mass is 16.3. The van der Waals surface area contributed by atoms with Crippen LogP contribution in [0.15, 0.2) is 83.5 Å². The number of nitrogens with zero attached hydrogens (tertiary/aromatic N) is 3. The number of nitrogens with one attached hydrogen (secondary N) is 1. The van der Waals surface area contributed by atoms with Gasteiger partial charge in [0.25, 0.3) is 5.91 Å². The van der Waals surface area contributed by atoms with E-state index in [0.717, 1.165) is 5.69 Å². The second-order valence-corrected chi connectivity index (χ2v) is 5.79. The molecule has 4 aromatic rings. The molecule has 130 valence electrons. The largest absolute Gasteiger partial charge is 0.463 e. The minimum Gasteiger partial charge on any atom is -0.463 e. The molecule has 1 amide bonds. The molecule has 2 aromatic heterocycles. The summed E-state index contributed by atoms with van der Waals surface area (Å²) in [5, 5.41) is 16.4. The molecular weight excluding hydrogens is 340 g/mol. The standard InChI is InChI=1S/C21H14N4O2/c22-14-15-6-4-7-16(12-15)23-21(26)19-13-18(20-10-5-11-27-20)24-25(19)17-8-2-1-3-9-17/h1-13H,(H,23,26). The SMILES string of the molecule is N#Cc1cccc(NC(=O)c2cc(-c3ccco3)nn2-c2ccccc2)c1. The zero-order chi connectivity index (χ0) is 18.6. The number of hydrogen-bond donors (Lipinski definition) is 1. The van der Waals surface area contributed by atoms with Gasteiger partial charge in [-0.25, -0.2) is 4.68 Å². The first kappa shape index (κ1) is 16.4. The quantitative estimate of drug-likeness (QED) is 0.593. The van der Waals surface area contributed by atoms with Gasteiger partial charge in [-0.1, -0.05) is 24.3 Å². The van der Waals surface area contributed by atoms with E-state index in [2.05, 4.69) is 16.5 Å². The summed E-state index contributed by atoms with van der Waals surface area (Å²) in [6.45, 7) is 0. The Morgan fingerprint density at radius 2 is 1.89 bits per heavy atom. The Balaban J connectivity index is 1.74. The predicted molar refractivity (Wildman–Crippen MR) is 100 cm³/mol. The van der Waals surface area contributed by atoms with E-state index in [1.165, 1.54) is 0 Å². The van der Waals surface area contributed by atoms with E-state index >= 15 is 0 Å². The van der Waals surface area contributed by atoms with Crippen molar-refractivity contribution in [1.82, 2.24) is 9.78 Å². The summed E-state index contributed by atoms with van der Waals surface area (Å²) in [7, 11) is 0. The van der Waals surface area contributed by atoms with Crippen LogP contribution in [0.5, 0.6) is 0 Å². The molecule has 4 rings (SSSR count). The van der Waals surface area contributed by atoms with Gasteiger partial charge in [-0.3, -0.25) is 4.79 Å². The topological polar surface area (TPSA) is 83.8 Å². The zero-order valence-electron chi connectivity index (χ0n) is 14.2. The molecule has 0 aliphatic rings. The van der Waals surface area contributed by atoms with Crippen LogP contribution in [0.4, 0.5) is 5.69 Å². The Hall–Kier alpha value is -4.11. The molecule has 0 spiro atoms. The summed E-state index contributed by atoms with van der Waals surface area (Å²) in [5.41, 5.74) is 2.68. The molecule has 0 unspecified atom stereocenters. The number of amides is 1. The Bertz CT molecular complexity index is 1120. The first-order valence-electron chi connectivity index (χ1n) is 8.25. The van der Waals surface area contributed by atoms with Crippen LogP contribution in [-0.2, 0) is 0 Å². The van der Waals surface area contributed by atoms with Crippen LogP contribution in [0.3, 0.4) is 0 Å². The second kappa shape index (κ2) is 7.02. The minimum atomic E-state index is -0.334. The lowest BCUT2D eigenvalue weighted by Gasteiger charge is -2.08. The second-order valence-electron chi connectivity index (χ2n) is 5.79. The molecule has 0 saturated heterocycles. The number of hydrogen-bond acceptors (Lipinski definition) is 4. The highest BCUT2D eigenvalue weighted by Crippen LogP contribution is 2.23. The van der Waals surface area contributed by atoms with Crippen LogP contribution in [0.25, 0.3) is 17.1 Å². The lowest BCUT2D eigenvalue weighted by molar-refractivity contribution is 0.101. The summed E-state index contributed by atoms with van der Waals surface area (Å²) in [6.07, 6.45) is 1.56. The van der Waals surface area contributed by atoms with Crippen LogP contribution in [-0.4, -0.2) is 15.7 Å². The van der Waals surface area contributed by atoms with Gasteiger partial charge in [0.1, 0.15) is 11.4 Å². The number of rotatable bonds is 4. The lowest BCUT2D eigenvalue weighted by atomic mass is 10.2.